The van der Waals surface area contributed by atoms with Gasteiger partial charge in [0.25, 0.3) is 5.56 Å². The predicted octanol–water partition coefficient (Wildman–Crippen LogP) is 0.0978. The van der Waals surface area contributed by atoms with Crippen LogP contribution in [-0.2, 0) is 10.5 Å². The van der Waals surface area contributed by atoms with Gasteiger partial charge in [-0.05, 0) is 17.7 Å². The van der Waals surface area contributed by atoms with Crippen LogP contribution >= 0.6 is 11.8 Å². The number of thioether (sulfide) groups is 1. The lowest BCUT2D eigenvalue weighted by molar-refractivity contribution is -0.0530. The van der Waals surface area contributed by atoms with Gasteiger partial charge in [0, 0.05) is 18.0 Å². The van der Waals surface area contributed by atoms with Gasteiger partial charge in [-0.3, -0.25) is 14.3 Å². The van der Waals surface area contributed by atoms with Gasteiger partial charge in [0.15, 0.2) is 6.23 Å². The molecule has 1 aromatic carbocycles. The van der Waals surface area contributed by atoms with Gasteiger partial charge in [-0.15, -0.1) is 11.8 Å². The zero-order chi connectivity index (χ0) is 18.7. The quantitative estimate of drug-likeness (QED) is 0.651. The number of aromatic nitrogens is 2. The van der Waals surface area contributed by atoms with Gasteiger partial charge >= 0.3 is 5.69 Å². The highest BCUT2D eigenvalue weighted by Gasteiger charge is 2.44. The van der Waals surface area contributed by atoms with Gasteiger partial charge in [-0.1, -0.05) is 12.1 Å². The van der Waals surface area contributed by atoms with E-state index >= 15 is 0 Å². The number of hydrogen-bond acceptors (Lipinski definition) is 7. The molecule has 3 rings (SSSR count). The van der Waals surface area contributed by atoms with Crippen molar-refractivity contribution in [3.8, 4) is 5.75 Å². The molecule has 140 valence electrons. The molecular weight excluding hydrogens is 360 g/mol. The zero-order valence-electron chi connectivity index (χ0n) is 14.1. The molecule has 4 atom stereocenters. The van der Waals surface area contributed by atoms with E-state index in [2.05, 4.69) is 4.98 Å². The maximum absolute atomic E-state index is 11.9. The lowest BCUT2D eigenvalue weighted by Crippen LogP contribution is -2.36. The largest absolute Gasteiger partial charge is 0.497 e. The number of hydrogen-bond donors (Lipinski definition) is 3. The standard InChI is InChI=1S/C17H20N2O6S/c1-24-11-4-2-10(3-5-11)9-26-15-12(8-20)25-16(14(15)22)19-7-6-13(21)18-17(19)23/h2-7,12,14-16,20,22H,8-9H2,1H3,(H,18,21,23)/t12-,14-,15-,16-/m1/s1. The number of aromatic amines is 1. The first kappa shape index (κ1) is 18.7. The van der Waals surface area contributed by atoms with Crippen LogP contribution in [0.25, 0.3) is 0 Å². The summed E-state index contributed by atoms with van der Waals surface area (Å²) in [6, 6.07) is 8.73. The average molecular weight is 380 g/mol. The van der Waals surface area contributed by atoms with E-state index in [1.807, 2.05) is 24.3 Å². The van der Waals surface area contributed by atoms with Crippen LogP contribution in [0.1, 0.15) is 11.8 Å². The normalized spacial score (nSPS) is 25.3. The fraction of sp³-hybridized carbons (Fsp3) is 0.412. The van der Waals surface area contributed by atoms with Gasteiger partial charge in [-0.2, -0.15) is 0 Å². The molecule has 1 aromatic heterocycles. The molecule has 0 amide bonds. The summed E-state index contributed by atoms with van der Waals surface area (Å²) >= 11 is 1.44. The highest BCUT2D eigenvalue weighted by Crippen LogP contribution is 2.37. The smallest absolute Gasteiger partial charge is 0.330 e. The van der Waals surface area contributed by atoms with E-state index in [-0.39, 0.29) is 6.61 Å². The zero-order valence-corrected chi connectivity index (χ0v) is 14.9. The summed E-state index contributed by atoms with van der Waals surface area (Å²) in [6.45, 7) is -0.286. The summed E-state index contributed by atoms with van der Waals surface area (Å²) in [7, 11) is 1.60. The molecule has 3 N–H and O–H groups in total. The maximum atomic E-state index is 11.9. The Bertz CT molecular complexity index is 849. The summed E-state index contributed by atoms with van der Waals surface area (Å²) in [5.41, 5.74) is -0.161. The van der Waals surface area contributed by atoms with E-state index in [0.717, 1.165) is 15.9 Å². The second-order valence-electron chi connectivity index (χ2n) is 5.88. The van der Waals surface area contributed by atoms with Crippen LogP contribution in [0.4, 0.5) is 0 Å². The average Bonchev–Trinajstić information content (AvgIpc) is 2.96. The molecule has 1 aliphatic heterocycles. The molecule has 1 fully saturated rings. The minimum Gasteiger partial charge on any atom is -0.497 e. The fourth-order valence-corrected chi connectivity index (χ4v) is 4.12. The third-order valence-electron chi connectivity index (χ3n) is 4.22. The van der Waals surface area contributed by atoms with Crippen molar-refractivity contribution in [1.29, 1.82) is 0 Å². The first-order valence-electron chi connectivity index (χ1n) is 8.04. The van der Waals surface area contributed by atoms with E-state index in [1.165, 1.54) is 24.0 Å². The van der Waals surface area contributed by atoms with Crippen LogP contribution in [-0.4, -0.2) is 50.9 Å². The van der Waals surface area contributed by atoms with Gasteiger partial charge in [0.1, 0.15) is 11.9 Å². The number of benzene rings is 1. The predicted molar refractivity (Wildman–Crippen MR) is 96.4 cm³/mol. The molecule has 0 aliphatic carbocycles. The second kappa shape index (κ2) is 8.09. The van der Waals surface area contributed by atoms with Gasteiger partial charge < -0.3 is 19.7 Å². The Hall–Kier alpha value is -2.07. The highest BCUT2D eigenvalue weighted by atomic mass is 32.2. The number of H-pyrrole nitrogens is 1. The number of aliphatic hydroxyl groups excluding tert-OH is 2. The summed E-state index contributed by atoms with van der Waals surface area (Å²) in [5, 5.41) is 19.8. The molecule has 1 saturated heterocycles. The molecule has 1 aliphatic rings. The molecular formula is C17H20N2O6S. The van der Waals surface area contributed by atoms with E-state index in [0.29, 0.717) is 5.75 Å². The Morgan fingerprint density at radius 1 is 1.27 bits per heavy atom. The van der Waals surface area contributed by atoms with Gasteiger partial charge in [0.05, 0.1) is 25.1 Å². The first-order valence-corrected chi connectivity index (χ1v) is 9.08. The van der Waals surface area contributed by atoms with E-state index in [1.54, 1.807) is 7.11 Å². The number of methoxy groups -OCH3 is 1. The second-order valence-corrected chi connectivity index (χ2v) is 7.05. The first-order chi connectivity index (χ1) is 12.5. The summed E-state index contributed by atoms with van der Waals surface area (Å²) in [6.07, 6.45) is -1.33. The van der Waals surface area contributed by atoms with Crippen LogP contribution in [0, 0.1) is 0 Å². The number of nitrogens with zero attached hydrogens (tertiary/aromatic N) is 1. The van der Waals surface area contributed by atoms with Crippen LogP contribution in [0.2, 0.25) is 0 Å². The van der Waals surface area contributed by atoms with Crippen molar-refractivity contribution < 1.29 is 19.7 Å². The molecule has 0 spiro atoms. The Labute approximate surface area is 153 Å². The Kier molecular flexibility index (Phi) is 5.82. The SMILES string of the molecule is COc1ccc(CS[C@H]2[C@@H](O)[C@H](n3ccc(=O)[nH]c3=O)O[C@@H]2CO)cc1. The molecule has 26 heavy (non-hydrogen) atoms. The minimum absolute atomic E-state index is 0.286. The molecule has 2 aromatic rings. The summed E-state index contributed by atoms with van der Waals surface area (Å²) in [4.78, 5) is 25.3. The van der Waals surface area contributed by atoms with Crippen molar-refractivity contribution in [2.45, 2.75) is 29.4 Å². The van der Waals surface area contributed by atoms with Crippen LogP contribution in [0.15, 0.2) is 46.1 Å². The van der Waals surface area contributed by atoms with Crippen molar-refractivity contribution >= 4 is 11.8 Å². The van der Waals surface area contributed by atoms with Crippen LogP contribution in [0.5, 0.6) is 5.75 Å². The molecule has 9 heteroatoms. The van der Waals surface area contributed by atoms with Gasteiger partial charge in [0.2, 0.25) is 0 Å². The van der Waals surface area contributed by atoms with E-state index in [4.69, 9.17) is 9.47 Å². The number of rotatable bonds is 6. The Morgan fingerprint density at radius 3 is 2.62 bits per heavy atom. The molecule has 8 nitrogen and oxygen atoms in total. The summed E-state index contributed by atoms with van der Waals surface area (Å²) in [5.74, 6) is 1.35. The van der Waals surface area contributed by atoms with Crippen LogP contribution in [0.3, 0.4) is 0 Å². The lowest BCUT2D eigenvalue weighted by atomic mass is 10.2. The molecule has 0 radical (unpaired) electrons. The van der Waals surface area contributed by atoms with Crippen molar-refractivity contribution in [1.82, 2.24) is 9.55 Å². The minimum atomic E-state index is -1.01. The number of aliphatic hydroxyl groups is 2. The molecule has 0 bridgehead atoms. The lowest BCUT2D eigenvalue weighted by Gasteiger charge is -2.19. The van der Waals surface area contributed by atoms with Crippen molar-refractivity contribution in [3.63, 3.8) is 0 Å². The Morgan fingerprint density at radius 2 is 2.00 bits per heavy atom. The number of nitrogens with one attached hydrogen (secondary N) is 1. The van der Waals surface area contributed by atoms with E-state index in [9.17, 15) is 19.8 Å². The fourth-order valence-electron chi connectivity index (χ4n) is 2.84. The van der Waals surface area contributed by atoms with E-state index < -0.39 is 34.9 Å². The third-order valence-corrected chi connectivity index (χ3v) is 5.68. The summed E-state index contributed by atoms with van der Waals surface area (Å²) < 4.78 is 11.9. The van der Waals surface area contributed by atoms with Crippen LogP contribution < -0.4 is 16.0 Å². The molecule has 0 saturated carbocycles. The van der Waals surface area contributed by atoms with Crippen molar-refractivity contribution in [2.24, 2.45) is 0 Å². The molecule has 2 heterocycles. The van der Waals surface area contributed by atoms with Crippen molar-refractivity contribution in [3.05, 3.63) is 62.9 Å². The topological polar surface area (TPSA) is 114 Å². The third kappa shape index (κ3) is 3.85. The molecule has 0 unspecified atom stereocenters. The maximum Gasteiger partial charge on any atom is 0.330 e. The highest BCUT2D eigenvalue weighted by molar-refractivity contribution is 7.99. The van der Waals surface area contributed by atoms with Gasteiger partial charge in [-0.25, -0.2) is 4.79 Å². The monoisotopic (exact) mass is 380 g/mol. The Balaban J connectivity index is 1.73. The van der Waals surface area contributed by atoms with Crippen molar-refractivity contribution in [2.75, 3.05) is 13.7 Å². The number of ether oxygens (including phenoxy) is 2.